The second-order valence-corrected chi connectivity index (χ2v) is 3.92. The Balaban J connectivity index is 2.96. The van der Waals surface area contributed by atoms with E-state index in [1.165, 1.54) is 5.56 Å². The minimum absolute atomic E-state index is 0.509. The summed E-state index contributed by atoms with van der Waals surface area (Å²) in [5, 5.41) is 0.790. The molecule has 0 radical (unpaired) electrons. The van der Waals surface area contributed by atoms with Gasteiger partial charge in [-0.05, 0) is 29.2 Å². The van der Waals surface area contributed by atoms with Crippen LogP contribution in [0.1, 0.15) is 30.9 Å². The molecular formula is C11H15ClO. The van der Waals surface area contributed by atoms with E-state index in [9.17, 15) is 0 Å². The summed E-state index contributed by atoms with van der Waals surface area (Å²) in [5.74, 6) is 0.509. The number of rotatable bonds is 3. The molecule has 0 saturated heterocycles. The van der Waals surface area contributed by atoms with Crippen molar-refractivity contribution in [1.82, 2.24) is 0 Å². The Labute approximate surface area is 84.7 Å². The van der Waals surface area contributed by atoms with Crippen molar-refractivity contribution in [2.45, 2.75) is 26.4 Å². The topological polar surface area (TPSA) is 9.23 Å². The molecule has 0 aliphatic heterocycles. The van der Waals surface area contributed by atoms with Gasteiger partial charge in [0, 0.05) is 12.1 Å². The van der Waals surface area contributed by atoms with E-state index in [0.29, 0.717) is 12.5 Å². The standard InChI is InChI=1S/C11H15ClO/c1-8(2)10-4-9(7-13-3)5-11(12)6-10/h4-6,8H,7H2,1-3H3. The highest BCUT2D eigenvalue weighted by molar-refractivity contribution is 6.30. The Bertz CT molecular complexity index is 281. The van der Waals surface area contributed by atoms with Gasteiger partial charge in [0.25, 0.3) is 0 Å². The number of halogens is 1. The molecule has 0 spiro atoms. The molecule has 72 valence electrons. The van der Waals surface area contributed by atoms with Crippen molar-refractivity contribution in [3.63, 3.8) is 0 Å². The maximum Gasteiger partial charge on any atom is 0.0713 e. The largest absolute Gasteiger partial charge is 0.380 e. The van der Waals surface area contributed by atoms with Gasteiger partial charge in [-0.3, -0.25) is 0 Å². The van der Waals surface area contributed by atoms with Crippen molar-refractivity contribution in [2.75, 3.05) is 7.11 Å². The summed E-state index contributed by atoms with van der Waals surface area (Å²) < 4.78 is 5.06. The zero-order valence-electron chi connectivity index (χ0n) is 8.30. The first kappa shape index (κ1) is 10.6. The Morgan fingerprint density at radius 2 is 2.00 bits per heavy atom. The van der Waals surface area contributed by atoms with Crippen molar-refractivity contribution >= 4 is 11.6 Å². The first-order valence-electron chi connectivity index (χ1n) is 4.41. The second-order valence-electron chi connectivity index (χ2n) is 3.48. The van der Waals surface area contributed by atoms with E-state index in [0.717, 1.165) is 10.6 Å². The van der Waals surface area contributed by atoms with Crippen LogP contribution in [0.5, 0.6) is 0 Å². The highest BCUT2D eigenvalue weighted by Crippen LogP contribution is 2.21. The van der Waals surface area contributed by atoms with E-state index in [4.69, 9.17) is 16.3 Å². The zero-order valence-corrected chi connectivity index (χ0v) is 9.06. The van der Waals surface area contributed by atoms with Gasteiger partial charge in [-0.2, -0.15) is 0 Å². The normalized spacial score (nSPS) is 10.8. The van der Waals surface area contributed by atoms with Crippen LogP contribution in [-0.4, -0.2) is 7.11 Å². The molecule has 1 aromatic carbocycles. The van der Waals surface area contributed by atoms with Crippen LogP contribution in [0.2, 0.25) is 5.02 Å². The van der Waals surface area contributed by atoms with Crippen LogP contribution in [0.15, 0.2) is 18.2 Å². The lowest BCUT2D eigenvalue weighted by Gasteiger charge is -2.08. The van der Waals surface area contributed by atoms with Gasteiger partial charge in [0.05, 0.1) is 6.61 Å². The number of hydrogen-bond acceptors (Lipinski definition) is 1. The highest BCUT2D eigenvalue weighted by Gasteiger charge is 2.02. The van der Waals surface area contributed by atoms with Crippen molar-refractivity contribution in [3.05, 3.63) is 34.3 Å². The van der Waals surface area contributed by atoms with Gasteiger partial charge in [-0.15, -0.1) is 0 Å². The predicted octanol–water partition coefficient (Wildman–Crippen LogP) is 3.61. The fraction of sp³-hybridized carbons (Fsp3) is 0.455. The van der Waals surface area contributed by atoms with Crippen LogP contribution in [-0.2, 0) is 11.3 Å². The van der Waals surface area contributed by atoms with Crippen LogP contribution in [0.3, 0.4) is 0 Å². The Morgan fingerprint density at radius 3 is 2.54 bits per heavy atom. The molecule has 0 aliphatic rings. The van der Waals surface area contributed by atoms with Crippen LogP contribution in [0.4, 0.5) is 0 Å². The quantitative estimate of drug-likeness (QED) is 0.721. The molecule has 0 unspecified atom stereocenters. The van der Waals surface area contributed by atoms with Crippen LogP contribution in [0, 0.1) is 0 Å². The lowest BCUT2D eigenvalue weighted by atomic mass is 10.0. The summed E-state index contributed by atoms with van der Waals surface area (Å²) in [6.45, 7) is 4.94. The van der Waals surface area contributed by atoms with Gasteiger partial charge in [0.15, 0.2) is 0 Å². The predicted molar refractivity (Wildman–Crippen MR) is 56.3 cm³/mol. The fourth-order valence-electron chi connectivity index (χ4n) is 1.26. The summed E-state index contributed by atoms with van der Waals surface area (Å²) in [6, 6.07) is 6.09. The summed E-state index contributed by atoms with van der Waals surface area (Å²) in [5.41, 5.74) is 2.40. The van der Waals surface area contributed by atoms with Crippen molar-refractivity contribution in [1.29, 1.82) is 0 Å². The monoisotopic (exact) mass is 198 g/mol. The summed E-state index contributed by atoms with van der Waals surface area (Å²) in [4.78, 5) is 0. The third-order valence-corrected chi connectivity index (χ3v) is 2.18. The first-order valence-corrected chi connectivity index (χ1v) is 4.79. The maximum absolute atomic E-state index is 5.97. The van der Waals surface area contributed by atoms with E-state index in [-0.39, 0.29) is 0 Å². The average molecular weight is 199 g/mol. The summed E-state index contributed by atoms with van der Waals surface area (Å²) in [7, 11) is 1.69. The smallest absolute Gasteiger partial charge is 0.0713 e. The van der Waals surface area contributed by atoms with Crippen molar-refractivity contribution in [3.8, 4) is 0 Å². The van der Waals surface area contributed by atoms with Gasteiger partial charge < -0.3 is 4.74 Å². The lowest BCUT2D eigenvalue weighted by molar-refractivity contribution is 0.185. The van der Waals surface area contributed by atoms with Gasteiger partial charge in [0.1, 0.15) is 0 Å². The first-order chi connectivity index (χ1) is 6.13. The minimum Gasteiger partial charge on any atom is -0.380 e. The second kappa shape index (κ2) is 4.64. The van der Waals surface area contributed by atoms with E-state index < -0.39 is 0 Å². The Kier molecular flexibility index (Phi) is 3.76. The van der Waals surface area contributed by atoms with Crippen LogP contribution < -0.4 is 0 Å². The highest BCUT2D eigenvalue weighted by atomic mass is 35.5. The van der Waals surface area contributed by atoms with E-state index >= 15 is 0 Å². The molecule has 0 fully saturated rings. The maximum atomic E-state index is 5.97. The number of ether oxygens (including phenoxy) is 1. The number of hydrogen-bond donors (Lipinski definition) is 0. The Morgan fingerprint density at radius 1 is 1.31 bits per heavy atom. The van der Waals surface area contributed by atoms with E-state index in [1.807, 2.05) is 12.1 Å². The molecule has 0 atom stereocenters. The minimum atomic E-state index is 0.509. The fourth-order valence-corrected chi connectivity index (χ4v) is 1.52. The van der Waals surface area contributed by atoms with Gasteiger partial charge >= 0.3 is 0 Å². The molecule has 0 N–H and O–H groups in total. The number of methoxy groups -OCH3 is 1. The molecule has 0 bridgehead atoms. The summed E-state index contributed by atoms with van der Waals surface area (Å²) in [6.07, 6.45) is 0. The molecule has 0 saturated carbocycles. The third kappa shape index (κ3) is 3.02. The molecule has 0 amide bonds. The molecule has 1 aromatic rings. The van der Waals surface area contributed by atoms with Crippen LogP contribution in [0.25, 0.3) is 0 Å². The van der Waals surface area contributed by atoms with Crippen molar-refractivity contribution < 1.29 is 4.74 Å². The molecule has 0 aliphatic carbocycles. The molecule has 0 heterocycles. The lowest BCUT2D eigenvalue weighted by Crippen LogP contribution is -1.92. The van der Waals surface area contributed by atoms with Crippen molar-refractivity contribution in [2.24, 2.45) is 0 Å². The van der Waals surface area contributed by atoms with E-state index in [1.54, 1.807) is 7.11 Å². The number of benzene rings is 1. The zero-order chi connectivity index (χ0) is 9.84. The van der Waals surface area contributed by atoms with E-state index in [2.05, 4.69) is 19.9 Å². The molecule has 13 heavy (non-hydrogen) atoms. The molecule has 1 rings (SSSR count). The Hall–Kier alpha value is -0.530. The average Bonchev–Trinajstić information content (AvgIpc) is 2.03. The molecular weight excluding hydrogens is 184 g/mol. The molecule has 0 aromatic heterocycles. The third-order valence-electron chi connectivity index (χ3n) is 1.96. The summed E-state index contributed by atoms with van der Waals surface area (Å²) >= 11 is 5.97. The SMILES string of the molecule is COCc1cc(Cl)cc(C(C)C)c1. The molecule has 2 heteroatoms. The van der Waals surface area contributed by atoms with Gasteiger partial charge in [-0.1, -0.05) is 31.5 Å². The molecule has 1 nitrogen and oxygen atoms in total. The van der Waals surface area contributed by atoms with Gasteiger partial charge in [0.2, 0.25) is 0 Å². The van der Waals surface area contributed by atoms with Gasteiger partial charge in [-0.25, -0.2) is 0 Å². The van der Waals surface area contributed by atoms with Crippen LogP contribution >= 0.6 is 11.6 Å².